The lowest BCUT2D eigenvalue weighted by molar-refractivity contribution is 0.102. The number of aryl methyl sites for hydroxylation is 2. The van der Waals surface area contributed by atoms with Gasteiger partial charge >= 0.3 is 0 Å². The third-order valence-electron chi connectivity index (χ3n) is 4.77. The van der Waals surface area contributed by atoms with Gasteiger partial charge in [-0.25, -0.2) is 0 Å². The molecule has 3 aromatic carbocycles. The number of fused-ring (bicyclic) bond motifs is 1. The van der Waals surface area contributed by atoms with Crippen molar-refractivity contribution in [2.24, 2.45) is 0 Å². The monoisotopic (exact) mass is 384 g/mol. The van der Waals surface area contributed by atoms with Crippen LogP contribution in [-0.2, 0) is 0 Å². The molecule has 0 aliphatic heterocycles. The number of nitrogens with one attached hydrogen (secondary N) is 2. The standard InChI is InChI=1S/C24H20N2OS/c1-15-8-11-18(12-9-15)24(27)26-23-21(17-6-4-3-5-7-17)22(28)19-14-16(2)10-13-20(19)25-23/h3-14H,1-2H3,(H2,25,26,27,28). The van der Waals surface area contributed by atoms with Gasteiger partial charge in [-0.1, -0.05) is 71.9 Å². The number of rotatable bonds is 3. The summed E-state index contributed by atoms with van der Waals surface area (Å²) in [6, 6.07) is 23.5. The first-order valence-corrected chi connectivity index (χ1v) is 9.54. The molecule has 0 aliphatic carbocycles. The fraction of sp³-hybridized carbons (Fsp3) is 0.0833. The van der Waals surface area contributed by atoms with Gasteiger partial charge in [-0.15, -0.1) is 0 Å². The van der Waals surface area contributed by atoms with Gasteiger partial charge in [0.25, 0.3) is 5.91 Å². The Labute approximate surface area is 169 Å². The minimum absolute atomic E-state index is 0.172. The van der Waals surface area contributed by atoms with Crippen molar-refractivity contribution in [1.29, 1.82) is 0 Å². The molecule has 1 aromatic heterocycles. The van der Waals surface area contributed by atoms with E-state index < -0.39 is 0 Å². The first-order chi connectivity index (χ1) is 13.5. The van der Waals surface area contributed by atoms with Gasteiger partial charge in [0.2, 0.25) is 0 Å². The van der Waals surface area contributed by atoms with Crippen LogP contribution in [-0.4, -0.2) is 10.9 Å². The summed E-state index contributed by atoms with van der Waals surface area (Å²) in [5, 5.41) is 4.01. The smallest absolute Gasteiger partial charge is 0.256 e. The maximum Gasteiger partial charge on any atom is 0.256 e. The van der Waals surface area contributed by atoms with Gasteiger partial charge in [0.15, 0.2) is 0 Å². The fourth-order valence-electron chi connectivity index (χ4n) is 3.26. The minimum Gasteiger partial charge on any atom is -0.341 e. The van der Waals surface area contributed by atoms with E-state index >= 15 is 0 Å². The number of hydrogen-bond donors (Lipinski definition) is 2. The van der Waals surface area contributed by atoms with Crippen LogP contribution in [0.15, 0.2) is 72.8 Å². The lowest BCUT2D eigenvalue weighted by Gasteiger charge is -2.15. The molecule has 0 atom stereocenters. The summed E-state index contributed by atoms with van der Waals surface area (Å²) in [5.74, 6) is 0.437. The summed E-state index contributed by atoms with van der Waals surface area (Å²) < 4.78 is 0.725. The average molecular weight is 385 g/mol. The van der Waals surface area contributed by atoms with E-state index in [2.05, 4.69) is 16.4 Å². The first-order valence-electron chi connectivity index (χ1n) is 9.13. The third kappa shape index (κ3) is 3.47. The molecule has 0 saturated heterocycles. The molecule has 1 heterocycles. The van der Waals surface area contributed by atoms with E-state index in [1.54, 1.807) is 0 Å². The van der Waals surface area contributed by atoms with E-state index in [4.69, 9.17) is 12.2 Å². The third-order valence-corrected chi connectivity index (χ3v) is 5.20. The van der Waals surface area contributed by atoms with E-state index in [9.17, 15) is 4.79 Å². The Morgan fingerprint density at radius 2 is 1.57 bits per heavy atom. The highest BCUT2D eigenvalue weighted by atomic mass is 32.1. The molecule has 28 heavy (non-hydrogen) atoms. The predicted octanol–water partition coefficient (Wildman–Crippen LogP) is 6.43. The summed E-state index contributed by atoms with van der Waals surface area (Å²) in [6.07, 6.45) is 0. The fourth-order valence-corrected chi connectivity index (χ4v) is 3.65. The minimum atomic E-state index is -0.172. The van der Waals surface area contributed by atoms with Crippen LogP contribution in [0.5, 0.6) is 0 Å². The molecule has 2 N–H and O–H groups in total. The number of aromatic amines is 1. The van der Waals surface area contributed by atoms with Crippen molar-refractivity contribution in [3.63, 3.8) is 0 Å². The quantitative estimate of drug-likeness (QED) is 0.400. The Hall–Kier alpha value is -3.24. The maximum atomic E-state index is 12.8. The molecular formula is C24H20N2OS. The van der Waals surface area contributed by atoms with Gasteiger partial charge in [-0.3, -0.25) is 4.79 Å². The lowest BCUT2D eigenvalue weighted by atomic mass is 10.0. The number of carbonyl (C=O) groups excluding carboxylic acids is 1. The number of anilines is 1. The van der Waals surface area contributed by atoms with Crippen molar-refractivity contribution in [1.82, 2.24) is 4.98 Å². The van der Waals surface area contributed by atoms with E-state index in [1.165, 1.54) is 0 Å². The molecule has 4 heteroatoms. The summed E-state index contributed by atoms with van der Waals surface area (Å²) >= 11 is 5.84. The summed E-state index contributed by atoms with van der Waals surface area (Å²) in [4.78, 5) is 16.2. The van der Waals surface area contributed by atoms with Crippen molar-refractivity contribution in [2.75, 3.05) is 5.32 Å². The molecule has 1 amide bonds. The van der Waals surface area contributed by atoms with Crippen LogP contribution in [0.3, 0.4) is 0 Å². The summed E-state index contributed by atoms with van der Waals surface area (Å²) in [5.41, 5.74) is 5.55. The maximum absolute atomic E-state index is 12.8. The Morgan fingerprint density at radius 3 is 2.29 bits per heavy atom. The average Bonchev–Trinajstić information content (AvgIpc) is 2.70. The second-order valence-electron chi connectivity index (χ2n) is 6.94. The summed E-state index contributed by atoms with van der Waals surface area (Å²) in [6.45, 7) is 4.04. The van der Waals surface area contributed by atoms with Gasteiger partial charge in [-0.2, -0.15) is 0 Å². The Bertz CT molecular complexity index is 1230. The molecule has 0 spiro atoms. The number of carbonyl (C=O) groups is 1. The Kier molecular flexibility index (Phi) is 4.80. The molecule has 0 saturated carbocycles. The molecule has 3 nitrogen and oxygen atoms in total. The van der Waals surface area contributed by atoms with E-state index in [1.807, 2.05) is 80.6 Å². The molecule has 0 fully saturated rings. The van der Waals surface area contributed by atoms with Gasteiger partial charge < -0.3 is 10.3 Å². The molecule has 0 radical (unpaired) electrons. The number of hydrogen-bond acceptors (Lipinski definition) is 2. The molecule has 0 aliphatic rings. The van der Waals surface area contributed by atoms with Crippen LogP contribution < -0.4 is 5.32 Å². The van der Waals surface area contributed by atoms with Crippen molar-refractivity contribution in [2.45, 2.75) is 13.8 Å². The SMILES string of the molecule is Cc1ccc(C(=O)Nc2[nH]c3ccc(C)cc3c(=S)c2-c2ccccc2)cc1. The van der Waals surface area contributed by atoms with Crippen molar-refractivity contribution in [3.05, 3.63) is 94.0 Å². The van der Waals surface area contributed by atoms with E-state index in [0.717, 1.165) is 37.7 Å². The number of aromatic nitrogens is 1. The summed E-state index contributed by atoms with van der Waals surface area (Å²) in [7, 11) is 0. The number of H-pyrrole nitrogens is 1. The van der Waals surface area contributed by atoms with Crippen LogP contribution in [0.1, 0.15) is 21.5 Å². The Balaban J connectivity index is 1.89. The second-order valence-corrected chi connectivity index (χ2v) is 7.35. The van der Waals surface area contributed by atoms with Crippen LogP contribution in [0.25, 0.3) is 22.0 Å². The molecule has 0 bridgehead atoms. The lowest BCUT2D eigenvalue weighted by Crippen LogP contribution is -2.14. The van der Waals surface area contributed by atoms with Gasteiger partial charge in [0.1, 0.15) is 5.82 Å². The number of benzene rings is 3. The number of amides is 1. The number of pyridine rings is 1. The van der Waals surface area contributed by atoms with Gasteiger partial charge in [0, 0.05) is 22.0 Å². The highest BCUT2D eigenvalue weighted by molar-refractivity contribution is 7.71. The van der Waals surface area contributed by atoms with E-state index in [-0.39, 0.29) is 5.91 Å². The zero-order chi connectivity index (χ0) is 19.7. The molecular weight excluding hydrogens is 364 g/mol. The van der Waals surface area contributed by atoms with Crippen molar-refractivity contribution in [3.8, 4) is 11.1 Å². The van der Waals surface area contributed by atoms with Gasteiger partial charge in [-0.05, 0) is 43.7 Å². The zero-order valence-corrected chi connectivity index (χ0v) is 16.6. The molecule has 4 aromatic rings. The van der Waals surface area contributed by atoms with E-state index in [0.29, 0.717) is 11.4 Å². The molecule has 0 unspecified atom stereocenters. The largest absolute Gasteiger partial charge is 0.341 e. The predicted molar refractivity (Wildman–Crippen MR) is 118 cm³/mol. The highest BCUT2D eigenvalue weighted by Gasteiger charge is 2.15. The second kappa shape index (κ2) is 7.41. The first kappa shape index (κ1) is 18.1. The van der Waals surface area contributed by atoms with Crippen molar-refractivity contribution >= 4 is 34.8 Å². The van der Waals surface area contributed by atoms with Crippen molar-refractivity contribution < 1.29 is 4.79 Å². The Morgan fingerprint density at radius 1 is 0.893 bits per heavy atom. The highest BCUT2D eigenvalue weighted by Crippen LogP contribution is 2.33. The van der Waals surface area contributed by atoms with Crippen LogP contribution in [0.4, 0.5) is 5.82 Å². The molecule has 138 valence electrons. The normalized spacial score (nSPS) is 10.8. The zero-order valence-electron chi connectivity index (χ0n) is 15.7. The van der Waals surface area contributed by atoms with Gasteiger partial charge in [0.05, 0.1) is 4.51 Å². The van der Waals surface area contributed by atoms with Crippen LogP contribution >= 0.6 is 12.2 Å². The van der Waals surface area contributed by atoms with Crippen LogP contribution in [0, 0.1) is 18.4 Å². The van der Waals surface area contributed by atoms with Crippen LogP contribution in [0.2, 0.25) is 0 Å². The topological polar surface area (TPSA) is 44.9 Å². The molecule has 4 rings (SSSR count).